The smallest absolute Gasteiger partial charge is 0.220 e. The van der Waals surface area contributed by atoms with Crippen molar-refractivity contribution in [3.8, 4) is 0 Å². The Labute approximate surface area is 651 Å². The SMILES string of the molecule is CC/C=C\C/C=C\C/C=C\C/C=C\C/C=C\C/C=C\C/C=C\C/C=C\CCCCCCCCCCCCCCCCC(=O)NC(COC1OC(CO)C(OC2OC(CO)C(OC3OC(CO)C(O)C(O)C3O)C(O)C2O)C(O)C1O)C(O)/C=C/CC/C=C/CC/C=C/CCCCCCCCCCCCCCCC. The Bertz CT molecular complexity index is 2470. The average molecular weight is 1520 g/mol. The van der Waals surface area contributed by atoms with Gasteiger partial charge in [-0.25, -0.2) is 0 Å². The van der Waals surface area contributed by atoms with Gasteiger partial charge in [0.1, 0.15) is 73.2 Å². The van der Waals surface area contributed by atoms with Crippen LogP contribution in [0.25, 0.3) is 0 Å². The first-order valence-corrected chi connectivity index (χ1v) is 42.4. The highest BCUT2D eigenvalue weighted by atomic mass is 16.8. The number of unbranched alkanes of at least 4 members (excludes halogenated alkanes) is 30. The number of hydrogen-bond acceptors (Lipinski definition) is 18. The van der Waals surface area contributed by atoms with Gasteiger partial charge in [-0.2, -0.15) is 0 Å². The number of carbonyl (C=O) groups is 1. The molecule has 0 spiro atoms. The summed E-state index contributed by atoms with van der Waals surface area (Å²) < 4.78 is 34.4. The van der Waals surface area contributed by atoms with E-state index in [1.165, 1.54) is 148 Å². The van der Waals surface area contributed by atoms with Crippen LogP contribution in [0.15, 0.2) is 134 Å². The van der Waals surface area contributed by atoms with Gasteiger partial charge in [-0.05, 0) is 109 Å². The number of aliphatic hydroxyl groups excluding tert-OH is 11. The minimum atomic E-state index is -1.99. The van der Waals surface area contributed by atoms with Crippen LogP contribution in [-0.2, 0) is 33.2 Å². The number of ether oxygens (including phenoxy) is 6. The summed E-state index contributed by atoms with van der Waals surface area (Å²) in [6.07, 6.45) is 70.1. The first-order chi connectivity index (χ1) is 52.8. The molecule has 0 aliphatic carbocycles. The average Bonchev–Trinajstić information content (AvgIpc) is 0.775. The van der Waals surface area contributed by atoms with E-state index in [9.17, 15) is 61.0 Å². The number of amides is 1. The number of hydrogen-bond donors (Lipinski definition) is 12. The van der Waals surface area contributed by atoms with Gasteiger partial charge in [-0.3, -0.25) is 4.79 Å². The highest BCUT2D eigenvalue weighted by molar-refractivity contribution is 5.76. The van der Waals surface area contributed by atoms with Crippen LogP contribution in [-0.4, -0.2) is 193 Å². The lowest BCUT2D eigenvalue weighted by Crippen LogP contribution is -2.66. The molecule has 0 bridgehead atoms. The van der Waals surface area contributed by atoms with Crippen molar-refractivity contribution in [2.24, 2.45) is 0 Å². The third kappa shape index (κ3) is 46.2. The van der Waals surface area contributed by atoms with Crippen molar-refractivity contribution in [3.05, 3.63) is 134 Å². The van der Waals surface area contributed by atoms with E-state index < -0.39 is 124 Å². The maximum Gasteiger partial charge on any atom is 0.220 e. The number of nitrogens with one attached hydrogen (secondary N) is 1. The van der Waals surface area contributed by atoms with Crippen molar-refractivity contribution in [2.45, 2.75) is 394 Å². The maximum absolute atomic E-state index is 13.5. The molecule has 17 unspecified atom stereocenters. The van der Waals surface area contributed by atoms with E-state index in [1.807, 2.05) is 6.08 Å². The van der Waals surface area contributed by atoms with E-state index in [2.05, 4.69) is 141 Å². The highest BCUT2D eigenvalue weighted by Crippen LogP contribution is 2.33. The number of allylic oxidation sites excluding steroid dienone is 21. The lowest BCUT2D eigenvalue weighted by molar-refractivity contribution is -0.379. The molecule has 3 aliphatic heterocycles. The van der Waals surface area contributed by atoms with Crippen LogP contribution in [0.3, 0.4) is 0 Å². The van der Waals surface area contributed by atoms with Gasteiger partial charge >= 0.3 is 0 Å². The first kappa shape index (κ1) is 98.1. The van der Waals surface area contributed by atoms with Gasteiger partial charge in [0.25, 0.3) is 0 Å². The zero-order chi connectivity index (χ0) is 78.1. The van der Waals surface area contributed by atoms with Crippen LogP contribution in [0, 0.1) is 0 Å². The molecule has 0 radical (unpaired) electrons. The topological polar surface area (TPSA) is 307 Å². The van der Waals surface area contributed by atoms with Crippen LogP contribution in [0.5, 0.6) is 0 Å². The minimum Gasteiger partial charge on any atom is -0.394 e. The van der Waals surface area contributed by atoms with Crippen LogP contribution in [0.1, 0.15) is 290 Å². The molecule has 19 nitrogen and oxygen atoms in total. The van der Waals surface area contributed by atoms with Crippen molar-refractivity contribution < 1.29 is 89.4 Å². The molecule has 0 aromatic heterocycles. The molecule has 19 heteroatoms. The van der Waals surface area contributed by atoms with Crippen molar-refractivity contribution in [1.29, 1.82) is 0 Å². The normalized spacial score (nSPS) is 26.1. The van der Waals surface area contributed by atoms with E-state index in [4.69, 9.17) is 28.4 Å². The molecule has 3 saturated heterocycles. The van der Waals surface area contributed by atoms with Crippen LogP contribution in [0.4, 0.5) is 0 Å². The molecule has 0 aromatic rings. The van der Waals surface area contributed by atoms with E-state index in [1.54, 1.807) is 6.08 Å². The first-order valence-electron chi connectivity index (χ1n) is 42.4. The summed E-state index contributed by atoms with van der Waals surface area (Å²) in [6.45, 7) is 1.61. The second-order valence-electron chi connectivity index (χ2n) is 29.5. The molecule has 3 heterocycles. The second-order valence-corrected chi connectivity index (χ2v) is 29.5. The van der Waals surface area contributed by atoms with E-state index in [0.29, 0.717) is 12.8 Å². The molecule has 0 saturated carbocycles. The molecule has 1 amide bonds. The number of aliphatic hydroxyl groups is 11. The lowest BCUT2D eigenvalue weighted by atomic mass is 9.96. The third-order valence-electron chi connectivity index (χ3n) is 20.2. The van der Waals surface area contributed by atoms with Crippen molar-refractivity contribution in [1.82, 2.24) is 5.32 Å². The van der Waals surface area contributed by atoms with E-state index >= 15 is 0 Å². The van der Waals surface area contributed by atoms with Gasteiger partial charge in [0.05, 0.1) is 38.6 Å². The molecular formula is C89H151NO18. The lowest BCUT2D eigenvalue weighted by Gasteiger charge is -2.48. The molecular weight excluding hydrogens is 1370 g/mol. The van der Waals surface area contributed by atoms with Gasteiger partial charge in [0, 0.05) is 6.42 Å². The summed E-state index contributed by atoms with van der Waals surface area (Å²) in [4.78, 5) is 13.5. The monoisotopic (exact) mass is 1520 g/mol. The fourth-order valence-corrected chi connectivity index (χ4v) is 13.4. The Balaban J connectivity index is 1.35. The largest absolute Gasteiger partial charge is 0.394 e. The van der Waals surface area contributed by atoms with Gasteiger partial charge < -0.3 is 89.9 Å². The van der Waals surface area contributed by atoms with Crippen LogP contribution >= 0.6 is 0 Å². The minimum absolute atomic E-state index is 0.224. The Morgan fingerprint density at radius 2 is 0.648 bits per heavy atom. The Hall–Kier alpha value is -4.07. The van der Waals surface area contributed by atoms with Crippen molar-refractivity contribution >= 4 is 5.91 Å². The van der Waals surface area contributed by atoms with Gasteiger partial charge in [0.2, 0.25) is 5.91 Å². The molecule has 3 rings (SSSR count). The predicted octanol–water partition coefficient (Wildman–Crippen LogP) is 15.2. The van der Waals surface area contributed by atoms with Crippen LogP contribution < -0.4 is 5.32 Å². The molecule has 108 heavy (non-hydrogen) atoms. The molecule has 3 fully saturated rings. The van der Waals surface area contributed by atoms with Crippen molar-refractivity contribution in [3.63, 3.8) is 0 Å². The van der Waals surface area contributed by atoms with E-state index in [0.717, 1.165) is 109 Å². The summed E-state index contributed by atoms with van der Waals surface area (Å²) >= 11 is 0. The Morgan fingerprint density at radius 3 is 1.04 bits per heavy atom. The summed E-state index contributed by atoms with van der Waals surface area (Å²) in [5.41, 5.74) is 0. The summed E-state index contributed by atoms with van der Waals surface area (Å²) in [6, 6.07) is -1.01. The van der Waals surface area contributed by atoms with Crippen molar-refractivity contribution in [2.75, 3.05) is 26.4 Å². The molecule has 17 atom stereocenters. The Kier molecular flexibility index (Phi) is 61.3. The van der Waals surface area contributed by atoms with Gasteiger partial charge in [0.15, 0.2) is 18.9 Å². The fourth-order valence-electron chi connectivity index (χ4n) is 13.4. The van der Waals surface area contributed by atoms with Crippen LogP contribution in [0.2, 0.25) is 0 Å². The highest BCUT2D eigenvalue weighted by Gasteiger charge is 2.54. The standard InChI is InChI=1S/C89H151NO18/c1-3-5-7-9-11-13-15-17-19-21-23-25-27-29-30-31-32-33-34-35-36-37-38-39-40-41-42-43-45-47-49-51-53-55-57-59-61-63-65-67-77(95)90-72(73(94)66-64-62-60-58-56-54-52-50-48-46-44-28-26-24-22-20-18-16-14-12-10-8-6-4-2)71-103-87-83(101)80(98)85(75(69-92)105-87)108-89-84(102)81(99)86(76(70-93)106-89)107-88-82(100)79(97)78(96)74(68-91)104-88/h5,7,11,13,17,19,23,25,29-30,32-33,35-36,38-39,48,50,56,58,64,66,72-76,78-89,91-94,96-102H,3-4,6,8-10,12,14-16,18,20-22,24,26-28,31,34,37,40-47,49,51-55,57,59-63,65,67-71H2,1-2H3,(H,90,95)/b7-5-,13-11-,19-17-,25-23-,30-29-,33-32-,36-35-,39-38-,50-48+,58-56+,66-64+. The summed E-state index contributed by atoms with van der Waals surface area (Å²) in [5, 5.41) is 121. The van der Waals surface area contributed by atoms with E-state index in [-0.39, 0.29) is 18.9 Å². The number of carbonyl (C=O) groups excluding carboxylic acids is 1. The quantitative estimate of drug-likeness (QED) is 0.0199. The summed E-state index contributed by atoms with van der Waals surface area (Å²) in [7, 11) is 0. The van der Waals surface area contributed by atoms with Gasteiger partial charge in [-0.1, -0.05) is 308 Å². The molecule has 620 valence electrons. The zero-order valence-electron chi connectivity index (χ0n) is 66.5. The summed E-state index contributed by atoms with van der Waals surface area (Å²) in [5.74, 6) is -0.293. The maximum atomic E-state index is 13.5. The fraction of sp³-hybridized carbons (Fsp3) is 0.742. The second kappa shape index (κ2) is 67.4. The Morgan fingerprint density at radius 1 is 0.343 bits per heavy atom. The third-order valence-corrected chi connectivity index (χ3v) is 20.2. The zero-order valence-corrected chi connectivity index (χ0v) is 66.5. The number of rotatable bonds is 66. The molecule has 12 N–H and O–H groups in total. The molecule has 3 aliphatic rings. The predicted molar refractivity (Wildman–Crippen MR) is 433 cm³/mol. The molecule has 0 aromatic carbocycles. The van der Waals surface area contributed by atoms with Gasteiger partial charge in [-0.15, -0.1) is 0 Å².